The van der Waals surface area contributed by atoms with Crippen molar-refractivity contribution in [1.82, 2.24) is 0 Å². The molecule has 1 saturated heterocycles. The normalized spacial score (nSPS) is 16.3. The van der Waals surface area contributed by atoms with Crippen molar-refractivity contribution in [2.45, 2.75) is 20.3 Å². The second-order valence-electron chi connectivity index (χ2n) is 6.70. The molecule has 1 heterocycles. The van der Waals surface area contributed by atoms with Crippen molar-refractivity contribution < 1.29 is 19.1 Å². The molecule has 1 aliphatic rings. The molecule has 1 atom stereocenters. The molecular weight excluding hydrogens is 344 g/mol. The highest BCUT2D eigenvalue weighted by Gasteiger charge is 2.36. The van der Waals surface area contributed by atoms with Gasteiger partial charge in [-0.3, -0.25) is 9.59 Å². The average molecular weight is 366 g/mol. The van der Waals surface area contributed by atoms with Gasteiger partial charge in [0.05, 0.1) is 18.6 Å². The van der Waals surface area contributed by atoms with Crippen LogP contribution < -0.4 is 10.2 Å². The molecule has 2 aromatic carbocycles. The first-order chi connectivity index (χ1) is 12.9. The molecule has 27 heavy (non-hydrogen) atoms. The van der Waals surface area contributed by atoms with Gasteiger partial charge in [0, 0.05) is 24.3 Å². The molecule has 6 heteroatoms. The number of aryl methyl sites for hydroxylation is 2. The minimum absolute atomic E-state index is 0.0476. The summed E-state index contributed by atoms with van der Waals surface area (Å²) < 4.78 is 4.65. The minimum atomic E-state index is -0.432. The summed E-state index contributed by atoms with van der Waals surface area (Å²) in [7, 11) is 1.32. The van der Waals surface area contributed by atoms with E-state index in [1.807, 2.05) is 32.0 Å². The lowest BCUT2D eigenvalue weighted by Gasteiger charge is -2.21. The lowest BCUT2D eigenvalue weighted by Crippen LogP contribution is -2.29. The fourth-order valence-corrected chi connectivity index (χ4v) is 3.38. The van der Waals surface area contributed by atoms with Crippen LogP contribution in [0.3, 0.4) is 0 Å². The van der Waals surface area contributed by atoms with E-state index in [0.29, 0.717) is 17.8 Å². The molecular formula is C21H22N2O4. The number of rotatable bonds is 4. The van der Waals surface area contributed by atoms with E-state index in [1.54, 1.807) is 29.2 Å². The van der Waals surface area contributed by atoms with Crippen LogP contribution in [0.5, 0.6) is 0 Å². The molecule has 1 unspecified atom stereocenters. The van der Waals surface area contributed by atoms with Crippen LogP contribution in [0, 0.1) is 19.8 Å². The number of para-hydroxylation sites is 1. The van der Waals surface area contributed by atoms with Gasteiger partial charge in [-0.1, -0.05) is 18.2 Å². The van der Waals surface area contributed by atoms with Crippen LogP contribution in [0.4, 0.5) is 11.4 Å². The number of ether oxygens (including phenoxy) is 1. The van der Waals surface area contributed by atoms with Gasteiger partial charge in [0.15, 0.2) is 0 Å². The predicted molar refractivity (Wildman–Crippen MR) is 103 cm³/mol. The Morgan fingerprint density at radius 2 is 1.70 bits per heavy atom. The van der Waals surface area contributed by atoms with Gasteiger partial charge < -0.3 is 15.0 Å². The van der Waals surface area contributed by atoms with Crippen LogP contribution in [0.2, 0.25) is 0 Å². The van der Waals surface area contributed by atoms with E-state index in [9.17, 15) is 14.4 Å². The van der Waals surface area contributed by atoms with E-state index in [0.717, 1.165) is 16.8 Å². The molecule has 0 aliphatic carbocycles. The minimum Gasteiger partial charge on any atom is -0.465 e. The molecule has 0 bridgehead atoms. The molecule has 2 aromatic rings. The highest BCUT2D eigenvalue weighted by molar-refractivity contribution is 6.04. The molecule has 1 aliphatic heterocycles. The standard InChI is InChI=1S/C21H22N2O4/c1-13-5-4-6-14(2)19(13)23-12-16(11-18(23)24)20(25)22-17-9-7-15(8-10-17)21(26)27-3/h4-10,16H,11-12H2,1-3H3,(H,22,25). The Bertz CT molecular complexity index is 869. The van der Waals surface area contributed by atoms with Gasteiger partial charge in [-0.15, -0.1) is 0 Å². The molecule has 1 fully saturated rings. The molecule has 0 saturated carbocycles. The van der Waals surface area contributed by atoms with Crippen LogP contribution in [-0.2, 0) is 14.3 Å². The first-order valence-electron chi connectivity index (χ1n) is 8.76. The lowest BCUT2D eigenvalue weighted by atomic mass is 10.1. The Morgan fingerprint density at radius 1 is 1.07 bits per heavy atom. The van der Waals surface area contributed by atoms with Crippen molar-refractivity contribution in [3.63, 3.8) is 0 Å². The van der Waals surface area contributed by atoms with Gasteiger partial charge in [-0.25, -0.2) is 4.79 Å². The Balaban J connectivity index is 1.70. The van der Waals surface area contributed by atoms with Gasteiger partial charge in [0.2, 0.25) is 11.8 Å². The Kier molecular flexibility index (Phi) is 5.26. The maximum absolute atomic E-state index is 12.6. The number of carbonyl (C=O) groups is 3. The Morgan fingerprint density at radius 3 is 2.30 bits per heavy atom. The van der Waals surface area contributed by atoms with Gasteiger partial charge in [-0.2, -0.15) is 0 Å². The van der Waals surface area contributed by atoms with Crippen molar-refractivity contribution in [1.29, 1.82) is 0 Å². The zero-order valence-electron chi connectivity index (χ0n) is 15.6. The molecule has 0 radical (unpaired) electrons. The number of hydrogen-bond donors (Lipinski definition) is 1. The van der Waals surface area contributed by atoms with E-state index in [-0.39, 0.29) is 18.2 Å². The van der Waals surface area contributed by atoms with Crippen LogP contribution in [-0.4, -0.2) is 31.4 Å². The number of amides is 2. The largest absolute Gasteiger partial charge is 0.465 e. The summed E-state index contributed by atoms with van der Waals surface area (Å²) >= 11 is 0. The number of hydrogen-bond acceptors (Lipinski definition) is 4. The summed E-state index contributed by atoms with van der Waals surface area (Å²) in [6, 6.07) is 12.3. The van der Waals surface area contributed by atoms with Crippen LogP contribution in [0.25, 0.3) is 0 Å². The third kappa shape index (κ3) is 3.84. The van der Waals surface area contributed by atoms with Gasteiger partial charge in [0.25, 0.3) is 0 Å². The molecule has 0 aromatic heterocycles. The first kappa shape index (κ1) is 18.6. The SMILES string of the molecule is COC(=O)c1ccc(NC(=O)C2CC(=O)N(c3c(C)cccc3C)C2)cc1. The fraction of sp³-hybridized carbons (Fsp3) is 0.286. The number of nitrogens with zero attached hydrogens (tertiary/aromatic N) is 1. The Labute approximate surface area is 158 Å². The number of anilines is 2. The third-order valence-corrected chi connectivity index (χ3v) is 4.78. The summed E-state index contributed by atoms with van der Waals surface area (Å²) in [6.45, 7) is 4.29. The van der Waals surface area contributed by atoms with Crippen molar-refractivity contribution in [2.75, 3.05) is 23.9 Å². The highest BCUT2D eigenvalue weighted by Crippen LogP contribution is 2.31. The summed E-state index contributed by atoms with van der Waals surface area (Å²) in [5, 5.41) is 2.82. The number of carbonyl (C=O) groups excluding carboxylic acids is 3. The van der Waals surface area contributed by atoms with E-state index >= 15 is 0 Å². The van der Waals surface area contributed by atoms with Crippen molar-refractivity contribution in [3.8, 4) is 0 Å². The van der Waals surface area contributed by atoms with Gasteiger partial charge in [0.1, 0.15) is 0 Å². The first-order valence-corrected chi connectivity index (χ1v) is 8.76. The second kappa shape index (κ2) is 7.61. The number of nitrogens with one attached hydrogen (secondary N) is 1. The number of esters is 1. The number of methoxy groups -OCH3 is 1. The second-order valence-corrected chi connectivity index (χ2v) is 6.70. The molecule has 0 spiro atoms. The van der Waals surface area contributed by atoms with E-state index < -0.39 is 11.9 Å². The van der Waals surface area contributed by atoms with E-state index in [2.05, 4.69) is 10.1 Å². The zero-order valence-corrected chi connectivity index (χ0v) is 15.6. The average Bonchev–Trinajstić information content (AvgIpc) is 3.03. The molecule has 140 valence electrons. The molecule has 2 amide bonds. The zero-order chi connectivity index (χ0) is 19.6. The lowest BCUT2D eigenvalue weighted by molar-refractivity contribution is -0.122. The van der Waals surface area contributed by atoms with Crippen molar-refractivity contribution in [2.24, 2.45) is 5.92 Å². The smallest absolute Gasteiger partial charge is 0.337 e. The van der Waals surface area contributed by atoms with Gasteiger partial charge >= 0.3 is 5.97 Å². The molecule has 1 N–H and O–H groups in total. The molecule has 6 nitrogen and oxygen atoms in total. The quantitative estimate of drug-likeness (QED) is 0.844. The monoisotopic (exact) mass is 366 g/mol. The third-order valence-electron chi connectivity index (χ3n) is 4.78. The topological polar surface area (TPSA) is 75.7 Å². The van der Waals surface area contributed by atoms with E-state index in [4.69, 9.17) is 0 Å². The van der Waals surface area contributed by atoms with Crippen molar-refractivity contribution >= 4 is 29.2 Å². The van der Waals surface area contributed by atoms with Crippen LogP contribution in [0.15, 0.2) is 42.5 Å². The van der Waals surface area contributed by atoms with Crippen LogP contribution in [0.1, 0.15) is 27.9 Å². The van der Waals surface area contributed by atoms with Crippen molar-refractivity contribution in [3.05, 3.63) is 59.2 Å². The van der Waals surface area contributed by atoms with Gasteiger partial charge in [-0.05, 0) is 49.2 Å². The highest BCUT2D eigenvalue weighted by atomic mass is 16.5. The summed E-state index contributed by atoms with van der Waals surface area (Å²) in [6.07, 6.45) is 0.180. The maximum Gasteiger partial charge on any atom is 0.337 e. The predicted octanol–water partition coefficient (Wildman–Crippen LogP) is 3.08. The summed E-state index contributed by atoms with van der Waals surface area (Å²) in [5.41, 5.74) is 3.91. The maximum atomic E-state index is 12.6. The van der Waals surface area contributed by atoms with Crippen LogP contribution >= 0.6 is 0 Å². The summed E-state index contributed by atoms with van der Waals surface area (Å²) in [5.74, 6) is -1.10. The number of benzene rings is 2. The molecule has 3 rings (SSSR count). The summed E-state index contributed by atoms with van der Waals surface area (Å²) in [4.78, 5) is 38.3. The fourth-order valence-electron chi connectivity index (χ4n) is 3.38. The van der Waals surface area contributed by atoms with E-state index in [1.165, 1.54) is 7.11 Å². The Hall–Kier alpha value is -3.15.